The van der Waals surface area contributed by atoms with Crippen LogP contribution in [0.3, 0.4) is 0 Å². The molecule has 1 atom stereocenters. The van der Waals surface area contributed by atoms with Crippen molar-refractivity contribution in [2.24, 2.45) is 5.92 Å². The van der Waals surface area contributed by atoms with E-state index in [4.69, 9.17) is 0 Å². The van der Waals surface area contributed by atoms with Crippen molar-refractivity contribution in [1.82, 2.24) is 4.90 Å². The zero-order valence-corrected chi connectivity index (χ0v) is 9.50. The van der Waals surface area contributed by atoms with Gasteiger partial charge < -0.3 is 5.11 Å². The van der Waals surface area contributed by atoms with E-state index in [-0.39, 0.29) is 5.60 Å². The Morgan fingerprint density at radius 3 is 2.71 bits per heavy atom. The minimum absolute atomic E-state index is 0.354. The molecule has 0 bridgehead atoms. The lowest BCUT2D eigenvalue weighted by molar-refractivity contribution is 0.0346. The maximum atomic E-state index is 10.3. The number of aliphatic hydroxyl groups is 1. The third-order valence-corrected chi connectivity index (χ3v) is 3.61. The summed E-state index contributed by atoms with van der Waals surface area (Å²) in [5.41, 5.74) is -0.354. The Balaban J connectivity index is 1.78. The molecular formula is C12H23NO. The fourth-order valence-corrected chi connectivity index (χ4v) is 2.40. The average Bonchev–Trinajstić information content (AvgIpc) is 2.89. The fourth-order valence-electron chi connectivity index (χ4n) is 2.40. The molecule has 0 amide bonds. The first-order chi connectivity index (χ1) is 6.59. The molecule has 1 heterocycles. The highest BCUT2D eigenvalue weighted by atomic mass is 16.3. The van der Waals surface area contributed by atoms with Gasteiger partial charge in [0, 0.05) is 19.1 Å². The van der Waals surface area contributed by atoms with Gasteiger partial charge in [-0.15, -0.1) is 0 Å². The molecular weight excluding hydrogens is 174 g/mol. The Hall–Kier alpha value is -0.0800. The molecule has 2 rings (SSSR count). The predicted octanol–water partition coefficient (Wildman–Crippen LogP) is 2.02. The fraction of sp³-hybridized carbons (Fsp3) is 1.00. The highest BCUT2D eigenvalue weighted by Gasteiger charge is 2.41. The van der Waals surface area contributed by atoms with Crippen LogP contribution in [0.25, 0.3) is 0 Å². The zero-order valence-electron chi connectivity index (χ0n) is 9.50. The molecule has 0 spiro atoms. The van der Waals surface area contributed by atoms with Gasteiger partial charge in [0.05, 0.1) is 5.60 Å². The number of β-amino-alcohol motifs (C(OH)–C–C–N with tert-alkyl or cyclic N) is 1. The van der Waals surface area contributed by atoms with E-state index < -0.39 is 0 Å². The van der Waals surface area contributed by atoms with Crippen LogP contribution in [0.4, 0.5) is 0 Å². The second kappa shape index (κ2) is 3.82. The van der Waals surface area contributed by atoms with Crippen molar-refractivity contribution < 1.29 is 5.11 Å². The SMILES string of the molecule is CC(C)CCC1(O)CCN(C2CC2)C1. The number of hydrogen-bond donors (Lipinski definition) is 1. The first kappa shape index (κ1) is 10.4. The van der Waals surface area contributed by atoms with Crippen molar-refractivity contribution in [1.29, 1.82) is 0 Å². The van der Waals surface area contributed by atoms with E-state index in [1.165, 1.54) is 12.8 Å². The topological polar surface area (TPSA) is 23.5 Å². The van der Waals surface area contributed by atoms with Gasteiger partial charge in [0.2, 0.25) is 0 Å². The molecule has 1 N–H and O–H groups in total. The largest absolute Gasteiger partial charge is 0.389 e. The highest BCUT2D eigenvalue weighted by Crippen LogP contribution is 2.35. The standard InChI is InChI=1S/C12H23NO/c1-10(2)5-6-12(14)7-8-13(9-12)11-3-4-11/h10-11,14H,3-9H2,1-2H3. The summed E-state index contributed by atoms with van der Waals surface area (Å²) >= 11 is 0. The molecule has 1 saturated heterocycles. The van der Waals surface area contributed by atoms with Crippen LogP contribution in [0, 0.1) is 5.92 Å². The number of rotatable bonds is 4. The van der Waals surface area contributed by atoms with E-state index in [1.54, 1.807) is 0 Å². The summed E-state index contributed by atoms with van der Waals surface area (Å²) in [7, 11) is 0. The Labute approximate surface area is 87.3 Å². The quantitative estimate of drug-likeness (QED) is 0.745. The normalized spacial score (nSPS) is 34.3. The van der Waals surface area contributed by atoms with Crippen molar-refractivity contribution >= 4 is 0 Å². The van der Waals surface area contributed by atoms with Gasteiger partial charge in [-0.2, -0.15) is 0 Å². The molecule has 2 nitrogen and oxygen atoms in total. The highest BCUT2D eigenvalue weighted by molar-refractivity contribution is 4.96. The number of hydrogen-bond acceptors (Lipinski definition) is 2. The van der Waals surface area contributed by atoms with Crippen LogP contribution < -0.4 is 0 Å². The molecule has 1 unspecified atom stereocenters. The second-order valence-corrected chi connectivity index (χ2v) is 5.61. The molecule has 2 aliphatic rings. The van der Waals surface area contributed by atoms with Gasteiger partial charge in [0.15, 0.2) is 0 Å². The summed E-state index contributed by atoms with van der Waals surface area (Å²) in [6.07, 6.45) is 5.87. The minimum atomic E-state index is -0.354. The van der Waals surface area contributed by atoms with E-state index in [0.717, 1.165) is 38.4 Å². The van der Waals surface area contributed by atoms with E-state index in [1.807, 2.05) is 0 Å². The second-order valence-electron chi connectivity index (χ2n) is 5.61. The van der Waals surface area contributed by atoms with Gasteiger partial charge in [0.1, 0.15) is 0 Å². The van der Waals surface area contributed by atoms with Gasteiger partial charge in [-0.05, 0) is 38.0 Å². The lowest BCUT2D eigenvalue weighted by Gasteiger charge is -2.24. The number of likely N-dealkylation sites (tertiary alicyclic amines) is 1. The monoisotopic (exact) mass is 197 g/mol. The van der Waals surface area contributed by atoms with Crippen molar-refractivity contribution in [2.75, 3.05) is 13.1 Å². The summed E-state index contributed by atoms with van der Waals surface area (Å²) in [6, 6.07) is 0.822. The summed E-state index contributed by atoms with van der Waals surface area (Å²) < 4.78 is 0. The Kier molecular flexibility index (Phi) is 2.85. The van der Waals surface area contributed by atoms with Crippen molar-refractivity contribution in [3.63, 3.8) is 0 Å². The molecule has 1 aliphatic carbocycles. The van der Waals surface area contributed by atoms with Crippen molar-refractivity contribution in [3.8, 4) is 0 Å². The smallest absolute Gasteiger partial charge is 0.0786 e. The van der Waals surface area contributed by atoms with Crippen LogP contribution >= 0.6 is 0 Å². The molecule has 0 aromatic carbocycles. The van der Waals surface area contributed by atoms with Gasteiger partial charge in [0.25, 0.3) is 0 Å². The maximum absolute atomic E-state index is 10.3. The van der Waals surface area contributed by atoms with E-state index >= 15 is 0 Å². The minimum Gasteiger partial charge on any atom is -0.389 e. The molecule has 82 valence electrons. The van der Waals surface area contributed by atoms with E-state index in [2.05, 4.69) is 18.7 Å². The van der Waals surface area contributed by atoms with Gasteiger partial charge in [-0.25, -0.2) is 0 Å². The maximum Gasteiger partial charge on any atom is 0.0786 e. The number of nitrogens with zero attached hydrogens (tertiary/aromatic N) is 1. The van der Waals surface area contributed by atoms with Crippen LogP contribution in [0.5, 0.6) is 0 Å². The first-order valence-electron chi connectivity index (χ1n) is 6.05. The zero-order chi connectivity index (χ0) is 10.2. The molecule has 2 fully saturated rings. The molecule has 1 saturated carbocycles. The molecule has 1 aliphatic heterocycles. The average molecular weight is 197 g/mol. The summed E-state index contributed by atoms with van der Waals surface area (Å²) in [4.78, 5) is 2.49. The van der Waals surface area contributed by atoms with Gasteiger partial charge in [-0.3, -0.25) is 4.90 Å². The third kappa shape index (κ3) is 2.48. The van der Waals surface area contributed by atoms with Crippen molar-refractivity contribution in [2.45, 2.75) is 57.6 Å². The van der Waals surface area contributed by atoms with Gasteiger partial charge >= 0.3 is 0 Å². The third-order valence-electron chi connectivity index (χ3n) is 3.61. The van der Waals surface area contributed by atoms with Crippen LogP contribution in [0.2, 0.25) is 0 Å². The Morgan fingerprint density at radius 1 is 1.43 bits per heavy atom. The molecule has 14 heavy (non-hydrogen) atoms. The lowest BCUT2D eigenvalue weighted by Crippen LogP contribution is -2.34. The van der Waals surface area contributed by atoms with Crippen LogP contribution in [-0.4, -0.2) is 34.7 Å². The van der Waals surface area contributed by atoms with Gasteiger partial charge in [-0.1, -0.05) is 13.8 Å². The van der Waals surface area contributed by atoms with Crippen molar-refractivity contribution in [3.05, 3.63) is 0 Å². The predicted molar refractivity (Wildman–Crippen MR) is 58.2 cm³/mol. The summed E-state index contributed by atoms with van der Waals surface area (Å²) in [5, 5.41) is 10.3. The molecule has 2 heteroatoms. The van der Waals surface area contributed by atoms with Crippen LogP contribution in [-0.2, 0) is 0 Å². The van der Waals surface area contributed by atoms with E-state index in [0.29, 0.717) is 5.92 Å². The Bertz CT molecular complexity index is 200. The first-order valence-corrected chi connectivity index (χ1v) is 6.05. The summed E-state index contributed by atoms with van der Waals surface area (Å²) in [6.45, 7) is 6.53. The van der Waals surface area contributed by atoms with E-state index in [9.17, 15) is 5.11 Å². The Morgan fingerprint density at radius 2 is 2.14 bits per heavy atom. The lowest BCUT2D eigenvalue weighted by atomic mass is 9.93. The summed E-state index contributed by atoms with van der Waals surface area (Å²) in [5.74, 6) is 0.717. The molecule has 0 aromatic heterocycles. The van der Waals surface area contributed by atoms with Crippen LogP contribution in [0.1, 0.15) is 46.0 Å². The van der Waals surface area contributed by atoms with Crippen LogP contribution in [0.15, 0.2) is 0 Å². The molecule has 0 aromatic rings. The molecule has 0 radical (unpaired) electrons.